The lowest BCUT2D eigenvalue weighted by atomic mass is 9.81. The second-order valence-electron chi connectivity index (χ2n) is 11.6. The van der Waals surface area contributed by atoms with E-state index in [9.17, 15) is 14.4 Å². The van der Waals surface area contributed by atoms with Gasteiger partial charge < -0.3 is 19.5 Å². The van der Waals surface area contributed by atoms with Crippen molar-refractivity contribution in [2.24, 2.45) is 10.9 Å². The van der Waals surface area contributed by atoms with Gasteiger partial charge in [0.05, 0.1) is 25.2 Å². The average molecular weight is 542 g/mol. The number of nitrogens with one attached hydrogen (secondary N) is 1. The van der Waals surface area contributed by atoms with Crippen LogP contribution in [0.3, 0.4) is 0 Å². The molecule has 3 atom stereocenters. The van der Waals surface area contributed by atoms with Crippen LogP contribution in [0.2, 0.25) is 0 Å². The van der Waals surface area contributed by atoms with Crippen LogP contribution in [0.5, 0.6) is 5.75 Å². The molecule has 1 saturated heterocycles. The van der Waals surface area contributed by atoms with Crippen molar-refractivity contribution in [1.29, 1.82) is 0 Å². The van der Waals surface area contributed by atoms with E-state index >= 15 is 0 Å². The summed E-state index contributed by atoms with van der Waals surface area (Å²) in [5.74, 6) is 0.118. The minimum absolute atomic E-state index is 0.154. The molecule has 0 unspecified atom stereocenters. The van der Waals surface area contributed by atoms with E-state index in [-0.39, 0.29) is 42.7 Å². The van der Waals surface area contributed by atoms with Gasteiger partial charge in [-0.2, -0.15) is 0 Å². The summed E-state index contributed by atoms with van der Waals surface area (Å²) in [6.45, 7) is 15.1. The molecule has 39 heavy (non-hydrogen) atoms. The Morgan fingerprint density at radius 3 is 2.67 bits per heavy atom. The van der Waals surface area contributed by atoms with E-state index in [1.165, 1.54) is 0 Å². The molecule has 1 aromatic carbocycles. The Kier molecular flexibility index (Phi) is 9.80. The number of hydrogen-bond acceptors (Lipinski definition) is 6. The van der Waals surface area contributed by atoms with Gasteiger partial charge >= 0.3 is 12.1 Å². The van der Waals surface area contributed by atoms with Gasteiger partial charge in [0.25, 0.3) is 0 Å². The Labute approximate surface area is 232 Å². The first-order valence-electron chi connectivity index (χ1n) is 13.8. The first kappa shape index (κ1) is 30.2. The number of fused-ring (bicyclic) bond motifs is 1. The molecular formula is C30H43N3O6. The second kappa shape index (κ2) is 12.7. The van der Waals surface area contributed by atoms with Crippen molar-refractivity contribution in [2.45, 2.75) is 103 Å². The summed E-state index contributed by atoms with van der Waals surface area (Å²) in [5, 5.41) is 3.46. The van der Waals surface area contributed by atoms with E-state index in [1.807, 2.05) is 51.1 Å². The first-order valence-corrected chi connectivity index (χ1v) is 13.8. The molecule has 2 aliphatic rings. The van der Waals surface area contributed by atoms with E-state index in [0.29, 0.717) is 38.0 Å². The summed E-state index contributed by atoms with van der Waals surface area (Å²) in [6, 6.07) is 7.03. The van der Waals surface area contributed by atoms with E-state index in [2.05, 4.69) is 16.9 Å². The minimum atomic E-state index is -0.782. The zero-order valence-electron chi connectivity index (χ0n) is 24.1. The normalized spacial score (nSPS) is 24.0. The topological polar surface area (TPSA) is 107 Å². The fourth-order valence-electron chi connectivity index (χ4n) is 5.11. The smallest absolute Gasteiger partial charge is 0.437 e. The van der Waals surface area contributed by atoms with Crippen molar-refractivity contribution in [3.63, 3.8) is 0 Å². The molecule has 2 heterocycles. The predicted molar refractivity (Wildman–Crippen MR) is 149 cm³/mol. The standard InChI is InChI=1S/C30H43N3O6/c1-8-10-17-30(9-2)18-24(34)33(27(32-30)31-28(36)39-29(5,6)7)26-21(15-16-25(35)38-20(3)4)19-37-23-14-12-11-13-22(23)26/h8,11-14,20-21,26H,1,9-10,15-19H2,2-7H3,(H,31,32,36)/t21-,26+,30+/m0/s1. The lowest BCUT2D eigenvalue weighted by molar-refractivity contribution is -0.147. The monoisotopic (exact) mass is 541 g/mol. The number of carbonyl (C=O) groups is 3. The third-order valence-corrected chi connectivity index (χ3v) is 6.96. The molecule has 0 aliphatic carbocycles. The molecule has 1 fully saturated rings. The van der Waals surface area contributed by atoms with Crippen molar-refractivity contribution in [1.82, 2.24) is 10.2 Å². The number of ether oxygens (including phenoxy) is 3. The van der Waals surface area contributed by atoms with Gasteiger partial charge in [-0.25, -0.2) is 4.79 Å². The average Bonchev–Trinajstić information content (AvgIpc) is 2.84. The molecule has 2 amide bonds. The highest BCUT2D eigenvalue weighted by molar-refractivity contribution is 6.04. The van der Waals surface area contributed by atoms with Crippen molar-refractivity contribution < 1.29 is 28.6 Å². The SMILES string of the molecule is C=CCC[C@]1(CC)CC(=O)N([C@H]2c3ccccc3OC[C@@H]2CCC(=O)OC(C)C)/C(=N/C(=O)OC(C)(C)C)N1. The van der Waals surface area contributed by atoms with Gasteiger partial charge in [-0.05, 0) is 66.4 Å². The van der Waals surface area contributed by atoms with Crippen molar-refractivity contribution in [3.05, 3.63) is 42.5 Å². The number of amides is 2. The zero-order chi connectivity index (χ0) is 28.8. The molecule has 3 rings (SSSR count). The third-order valence-electron chi connectivity index (χ3n) is 6.96. The first-order chi connectivity index (χ1) is 18.4. The Hall–Kier alpha value is -3.36. The van der Waals surface area contributed by atoms with E-state index in [4.69, 9.17) is 14.2 Å². The number of allylic oxidation sites excluding steroid dienone is 1. The quantitative estimate of drug-likeness (QED) is 0.316. The van der Waals surface area contributed by atoms with Crippen molar-refractivity contribution in [2.75, 3.05) is 6.61 Å². The van der Waals surface area contributed by atoms with Gasteiger partial charge in [0.1, 0.15) is 11.4 Å². The zero-order valence-corrected chi connectivity index (χ0v) is 24.1. The summed E-state index contributed by atoms with van der Waals surface area (Å²) >= 11 is 0. The number of rotatable bonds is 9. The number of esters is 1. The number of guanidine groups is 1. The lowest BCUT2D eigenvalue weighted by Gasteiger charge is -2.48. The van der Waals surface area contributed by atoms with E-state index in [0.717, 1.165) is 5.56 Å². The Bertz CT molecular complexity index is 1090. The minimum Gasteiger partial charge on any atom is -0.493 e. The molecule has 9 nitrogen and oxygen atoms in total. The lowest BCUT2D eigenvalue weighted by Crippen LogP contribution is -2.64. The molecule has 1 aromatic rings. The fraction of sp³-hybridized carbons (Fsp3) is 0.600. The Morgan fingerprint density at radius 2 is 2.03 bits per heavy atom. The molecule has 0 bridgehead atoms. The molecule has 0 saturated carbocycles. The molecule has 214 valence electrons. The predicted octanol–water partition coefficient (Wildman–Crippen LogP) is 5.70. The van der Waals surface area contributed by atoms with Crippen LogP contribution in [0.25, 0.3) is 0 Å². The van der Waals surface area contributed by atoms with Crippen LogP contribution in [0.1, 0.15) is 91.7 Å². The highest BCUT2D eigenvalue weighted by Gasteiger charge is 2.47. The largest absolute Gasteiger partial charge is 0.493 e. The Balaban J connectivity index is 2.06. The maximum Gasteiger partial charge on any atom is 0.437 e. The fourth-order valence-corrected chi connectivity index (χ4v) is 5.11. The van der Waals surface area contributed by atoms with Gasteiger partial charge in [0.2, 0.25) is 11.9 Å². The summed E-state index contributed by atoms with van der Waals surface area (Å²) in [4.78, 5) is 45.3. The van der Waals surface area contributed by atoms with Gasteiger partial charge in [-0.15, -0.1) is 11.6 Å². The number of hydrogen-bond donors (Lipinski definition) is 1. The van der Waals surface area contributed by atoms with Crippen LogP contribution in [-0.2, 0) is 19.1 Å². The summed E-state index contributed by atoms with van der Waals surface area (Å²) in [6.07, 6.45) is 3.69. The molecule has 2 aliphatic heterocycles. The van der Waals surface area contributed by atoms with Crippen LogP contribution < -0.4 is 10.1 Å². The number of para-hydroxylation sites is 1. The maximum atomic E-state index is 14.0. The number of carbonyl (C=O) groups excluding carboxylic acids is 3. The molecule has 0 aromatic heterocycles. The van der Waals surface area contributed by atoms with Crippen LogP contribution >= 0.6 is 0 Å². The van der Waals surface area contributed by atoms with Crippen LogP contribution in [0, 0.1) is 5.92 Å². The van der Waals surface area contributed by atoms with Gasteiger partial charge in [0, 0.05) is 23.4 Å². The number of benzene rings is 1. The Morgan fingerprint density at radius 1 is 1.31 bits per heavy atom. The van der Waals surface area contributed by atoms with E-state index < -0.39 is 23.3 Å². The second-order valence-corrected chi connectivity index (χ2v) is 11.6. The summed E-state index contributed by atoms with van der Waals surface area (Å²) < 4.78 is 16.9. The summed E-state index contributed by atoms with van der Waals surface area (Å²) in [7, 11) is 0. The molecule has 0 radical (unpaired) electrons. The van der Waals surface area contributed by atoms with Gasteiger partial charge in [-0.3, -0.25) is 14.5 Å². The van der Waals surface area contributed by atoms with Crippen LogP contribution in [0.15, 0.2) is 41.9 Å². The highest BCUT2D eigenvalue weighted by Crippen LogP contribution is 2.43. The molecule has 9 heteroatoms. The van der Waals surface area contributed by atoms with Crippen LogP contribution in [0.4, 0.5) is 4.79 Å². The molecule has 1 N–H and O–H groups in total. The summed E-state index contributed by atoms with van der Waals surface area (Å²) in [5.41, 5.74) is -0.530. The molecular weight excluding hydrogens is 498 g/mol. The number of nitrogens with zero attached hydrogens (tertiary/aromatic N) is 2. The maximum absolute atomic E-state index is 14.0. The van der Waals surface area contributed by atoms with Crippen molar-refractivity contribution in [3.8, 4) is 5.75 Å². The van der Waals surface area contributed by atoms with Crippen molar-refractivity contribution >= 4 is 23.9 Å². The van der Waals surface area contributed by atoms with Gasteiger partial charge in [-0.1, -0.05) is 31.2 Å². The van der Waals surface area contributed by atoms with Crippen LogP contribution in [-0.4, -0.2) is 52.7 Å². The highest BCUT2D eigenvalue weighted by atomic mass is 16.6. The third kappa shape index (κ3) is 7.83. The van der Waals surface area contributed by atoms with Gasteiger partial charge in [0.15, 0.2) is 0 Å². The number of aliphatic imine (C=N–C) groups is 1. The van der Waals surface area contributed by atoms with E-state index in [1.54, 1.807) is 25.7 Å². The molecule has 0 spiro atoms.